The summed E-state index contributed by atoms with van der Waals surface area (Å²) in [6.07, 6.45) is 5.60. The predicted octanol–water partition coefficient (Wildman–Crippen LogP) is 1.91. The molecule has 1 N–H and O–H groups in total. The zero-order chi connectivity index (χ0) is 17.9. The number of nitrogens with one attached hydrogen (secondary N) is 1. The van der Waals surface area contributed by atoms with Gasteiger partial charge in [0.25, 0.3) is 0 Å². The van der Waals surface area contributed by atoms with Gasteiger partial charge < -0.3 is 10.1 Å². The van der Waals surface area contributed by atoms with Crippen LogP contribution in [0.25, 0.3) is 21.9 Å². The van der Waals surface area contributed by atoms with Crippen LogP contribution in [0, 0.1) is 0 Å². The molecule has 26 heavy (non-hydrogen) atoms. The average Bonchev–Trinajstić information content (AvgIpc) is 3.08. The fourth-order valence-electron chi connectivity index (χ4n) is 3.10. The van der Waals surface area contributed by atoms with Crippen molar-refractivity contribution in [2.45, 2.75) is 0 Å². The lowest BCUT2D eigenvalue weighted by molar-refractivity contribution is -0.118. The quantitative estimate of drug-likeness (QED) is 0.777. The van der Waals surface area contributed by atoms with Crippen molar-refractivity contribution >= 4 is 22.5 Å². The molecule has 7 nitrogen and oxygen atoms in total. The highest BCUT2D eigenvalue weighted by atomic mass is 16.5. The number of aryl methyl sites for hydroxylation is 1. The van der Waals surface area contributed by atoms with E-state index in [9.17, 15) is 4.79 Å². The first kappa shape index (κ1) is 16.7. The van der Waals surface area contributed by atoms with Crippen LogP contribution < -0.4 is 5.32 Å². The number of ether oxygens (including phenoxy) is 1. The first-order valence-corrected chi connectivity index (χ1v) is 8.66. The van der Waals surface area contributed by atoms with Gasteiger partial charge in [-0.1, -0.05) is 12.1 Å². The Kier molecular flexibility index (Phi) is 4.64. The van der Waals surface area contributed by atoms with Gasteiger partial charge >= 0.3 is 0 Å². The molecule has 4 rings (SSSR count). The van der Waals surface area contributed by atoms with Crippen LogP contribution in [0.1, 0.15) is 0 Å². The molecule has 7 heteroatoms. The maximum absolute atomic E-state index is 12.3. The number of hydrogen-bond acceptors (Lipinski definition) is 5. The second-order valence-electron chi connectivity index (χ2n) is 6.47. The predicted molar refractivity (Wildman–Crippen MR) is 99.8 cm³/mol. The van der Waals surface area contributed by atoms with Crippen LogP contribution in [0.2, 0.25) is 0 Å². The first-order valence-electron chi connectivity index (χ1n) is 8.66. The number of carbonyl (C=O) groups is 1. The molecule has 0 saturated carbocycles. The van der Waals surface area contributed by atoms with Crippen LogP contribution >= 0.6 is 0 Å². The maximum atomic E-state index is 12.3. The third-order valence-corrected chi connectivity index (χ3v) is 4.50. The van der Waals surface area contributed by atoms with Gasteiger partial charge in [0.2, 0.25) is 5.91 Å². The van der Waals surface area contributed by atoms with Gasteiger partial charge in [-0.25, -0.2) is 4.98 Å². The molecule has 1 fully saturated rings. The number of fused-ring (bicyclic) bond motifs is 1. The van der Waals surface area contributed by atoms with Crippen molar-refractivity contribution in [3.05, 3.63) is 42.9 Å². The number of benzene rings is 1. The Morgan fingerprint density at radius 2 is 2.00 bits per heavy atom. The molecule has 134 valence electrons. The zero-order valence-corrected chi connectivity index (χ0v) is 14.7. The summed E-state index contributed by atoms with van der Waals surface area (Å²) in [6, 6.07) is 8.08. The van der Waals surface area contributed by atoms with Gasteiger partial charge in [-0.2, -0.15) is 5.10 Å². The number of pyridine rings is 1. The molecule has 0 atom stereocenters. The van der Waals surface area contributed by atoms with E-state index in [4.69, 9.17) is 4.74 Å². The van der Waals surface area contributed by atoms with E-state index in [0.717, 1.165) is 35.0 Å². The maximum Gasteiger partial charge on any atom is 0.239 e. The number of anilines is 1. The summed E-state index contributed by atoms with van der Waals surface area (Å²) in [5.41, 5.74) is 2.14. The SMILES string of the molecule is Cn1cc(-c2ccc3cnc(NC(=O)CN4CCOCC4)cc3c2)cn1. The van der Waals surface area contributed by atoms with Gasteiger partial charge in [0, 0.05) is 43.5 Å². The molecule has 0 unspecified atom stereocenters. The number of rotatable bonds is 4. The number of morpholine rings is 1. The number of nitrogens with zero attached hydrogens (tertiary/aromatic N) is 4. The Labute approximate surface area is 151 Å². The van der Waals surface area contributed by atoms with Gasteiger partial charge in [-0.3, -0.25) is 14.4 Å². The molecule has 1 amide bonds. The lowest BCUT2D eigenvalue weighted by Crippen LogP contribution is -2.41. The second kappa shape index (κ2) is 7.23. The molecular formula is C19H21N5O2. The van der Waals surface area contributed by atoms with Crippen LogP contribution in [0.4, 0.5) is 5.82 Å². The summed E-state index contributed by atoms with van der Waals surface area (Å²) in [7, 11) is 1.90. The molecule has 1 aliphatic rings. The third-order valence-electron chi connectivity index (χ3n) is 4.50. The molecule has 0 bridgehead atoms. The number of carbonyl (C=O) groups excluding carboxylic acids is 1. The van der Waals surface area contributed by atoms with Crippen molar-refractivity contribution in [1.29, 1.82) is 0 Å². The van der Waals surface area contributed by atoms with Gasteiger partial charge in [0.05, 0.1) is 26.0 Å². The molecule has 0 radical (unpaired) electrons. The average molecular weight is 351 g/mol. The summed E-state index contributed by atoms with van der Waals surface area (Å²) in [5.74, 6) is 0.515. The minimum absolute atomic E-state index is 0.0536. The van der Waals surface area contributed by atoms with E-state index in [1.165, 1.54) is 0 Å². The molecule has 1 aliphatic heterocycles. The number of amides is 1. The topological polar surface area (TPSA) is 72.3 Å². The lowest BCUT2D eigenvalue weighted by Gasteiger charge is -2.25. The van der Waals surface area contributed by atoms with Gasteiger partial charge in [0.1, 0.15) is 5.82 Å². The van der Waals surface area contributed by atoms with E-state index >= 15 is 0 Å². The van der Waals surface area contributed by atoms with E-state index in [0.29, 0.717) is 25.6 Å². The highest BCUT2D eigenvalue weighted by Gasteiger charge is 2.14. The third kappa shape index (κ3) is 3.74. The monoisotopic (exact) mass is 351 g/mol. The van der Waals surface area contributed by atoms with Gasteiger partial charge in [0.15, 0.2) is 0 Å². The van der Waals surface area contributed by atoms with Crippen molar-refractivity contribution < 1.29 is 9.53 Å². The van der Waals surface area contributed by atoms with Crippen LogP contribution in [0.5, 0.6) is 0 Å². The van der Waals surface area contributed by atoms with Crippen molar-refractivity contribution in [2.75, 3.05) is 38.2 Å². The zero-order valence-electron chi connectivity index (χ0n) is 14.7. The summed E-state index contributed by atoms with van der Waals surface area (Å²) in [4.78, 5) is 18.7. The molecule has 3 heterocycles. The number of aromatic nitrogens is 3. The van der Waals surface area contributed by atoms with Gasteiger partial charge in [-0.15, -0.1) is 0 Å². The molecule has 1 saturated heterocycles. The minimum Gasteiger partial charge on any atom is -0.379 e. The Hall–Kier alpha value is -2.77. The Balaban J connectivity index is 1.51. The Bertz CT molecular complexity index is 931. The van der Waals surface area contributed by atoms with Crippen molar-refractivity contribution in [2.24, 2.45) is 7.05 Å². The molecular weight excluding hydrogens is 330 g/mol. The highest BCUT2D eigenvalue weighted by Crippen LogP contribution is 2.25. The van der Waals surface area contributed by atoms with Crippen molar-refractivity contribution in [1.82, 2.24) is 19.7 Å². The summed E-state index contributed by atoms with van der Waals surface area (Å²) in [6.45, 7) is 3.29. The molecule has 3 aromatic rings. The van der Waals surface area contributed by atoms with Crippen LogP contribution in [-0.2, 0) is 16.6 Å². The fourth-order valence-corrected chi connectivity index (χ4v) is 3.10. The molecule has 0 spiro atoms. The van der Waals surface area contributed by atoms with E-state index in [1.807, 2.05) is 31.6 Å². The lowest BCUT2D eigenvalue weighted by atomic mass is 10.1. The highest BCUT2D eigenvalue weighted by molar-refractivity contribution is 5.94. The minimum atomic E-state index is -0.0536. The van der Waals surface area contributed by atoms with Crippen molar-refractivity contribution in [3.63, 3.8) is 0 Å². The van der Waals surface area contributed by atoms with Crippen molar-refractivity contribution in [3.8, 4) is 11.1 Å². The molecule has 0 aliphatic carbocycles. The second-order valence-corrected chi connectivity index (χ2v) is 6.47. The normalized spacial score (nSPS) is 15.3. The Morgan fingerprint density at radius 3 is 2.77 bits per heavy atom. The summed E-state index contributed by atoms with van der Waals surface area (Å²) < 4.78 is 7.09. The van der Waals surface area contributed by atoms with Gasteiger partial charge in [-0.05, 0) is 23.1 Å². The van der Waals surface area contributed by atoms with E-state index in [2.05, 4.69) is 32.4 Å². The van der Waals surface area contributed by atoms with E-state index in [-0.39, 0.29) is 5.91 Å². The summed E-state index contributed by atoms with van der Waals surface area (Å²) in [5, 5.41) is 9.18. The van der Waals surface area contributed by atoms with E-state index < -0.39 is 0 Å². The largest absolute Gasteiger partial charge is 0.379 e. The Morgan fingerprint density at radius 1 is 1.15 bits per heavy atom. The fraction of sp³-hybridized carbons (Fsp3) is 0.316. The van der Waals surface area contributed by atoms with Crippen LogP contribution in [-0.4, -0.2) is 58.4 Å². The molecule has 1 aromatic carbocycles. The molecule has 2 aromatic heterocycles. The smallest absolute Gasteiger partial charge is 0.239 e. The van der Waals surface area contributed by atoms with E-state index in [1.54, 1.807) is 10.9 Å². The van der Waals surface area contributed by atoms with Crippen LogP contribution in [0.3, 0.4) is 0 Å². The standard InChI is InChI=1S/C19H21N5O2/c1-23-12-17(11-21-23)14-2-3-15-10-20-18(9-16(15)8-14)22-19(25)13-24-4-6-26-7-5-24/h2-3,8-12H,4-7,13H2,1H3,(H,20,22,25). The number of hydrogen-bond donors (Lipinski definition) is 1. The summed E-state index contributed by atoms with van der Waals surface area (Å²) >= 11 is 0. The first-order chi connectivity index (χ1) is 12.7. The van der Waals surface area contributed by atoms with Crippen LogP contribution in [0.15, 0.2) is 42.9 Å².